The van der Waals surface area contributed by atoms with Crippen LogP contribution in [0.15, 0.2) is 68.5 Å². The van der Waals surface area contributed by atoms with Gasteiger partial charge in [-0.3, -0.25) is 4.99 Å². The molecule has 0 aliphatic rings. The van der Waals surface area contributed by atoms with Gasteiger partial charge in [0.15, 0.2) is 0 Å². The standard InChI is InChI=1S/C18H16BrN3S/c1-13-6-3-4-7-15(13)11-21-22-17(12-23-18(22)20-2)14-8-5-9-16(19)10-14/h3-12H,1-2H3. The smallest absolute Gasteiger partial charge is 0.205 e. The van der Waals surface area contributed by atoms with Crippen LogP contribution in [0.5, 0.6) is 0 Å². The van der Waals surface area contributed by atoms with Crippen molar-refractivity contribution < 1.29 is 0 Å². The summed E-state index contributed by atoms with van der Waals surface area (Å²) in [4.78, 5) is 5.20. The molecule has 1 heterocycles. The van der Waals surface area contributed by atoms with E-state index >= 15 is 0 Å². The number of thiazole rings is 1. The summed E-state index contributed by atoms with van der Waals surface area (Å²) < 4.78 is 2.93. The Bertz CT molecular complexity index is 922. The molecule has 23 heavy (non-hydrogen) atoms. The molecule has 0 unspecified atom stereocenters. The summed E-state index contributed by atoms with van der Waals surface area (Å²) >= 11 is 5.11. The molecule has 0 N–H and O–H groups in total. The predicted octanol–water partition coefficient (Wildman–Crippen LogP) is 4.70. The van der Waals surface area contributed by atoms with Crippen molar-refractivity contribution in [2.24, 2.45) is 10.1 Å². The van der Waals surface area contributed by atoms with E-state index < -0.39 is 0 Å². The number of nitrogens with zero attached hydrogens (tertiary/aromatic N) is 3. The maximum absolute atomic E-state index is 4.67. The van der Waals surface area contributed by atoms with Gasteiger partial charge < -0.3 is 0 Å². The number of hydrogen-bond acceptors (Lipinski definition) is 3. The Morgan fingerprint density at radius 3 is 2.70 bits per heavy atom. The van der Waals surface area contributed by atoms with Crippen LogP contribution in [-0.2, 0) is 0 Å². The number of benzene rings is 2. The van der Waals surface area contributed by atoms with Crippen LogP contribution in [0.3, 0.4) is 0 Å². The van der Waals surface area contributed by atoms with Gasteiger partial charge in [-0.1, -0.05) is 52.3 Å². The molecule has 0 radical (unpaired) electrons. The van der Waals surface area contributed by atoms with Crippen molar-refractivity contribution in [1.82, 2.24) is 4.68 Å². The van der Waals surface area contributed by atoms with Gasteiger partial charge in [-0.25, -0.2) is 4.68 Å². The Hall–Kier alpha value is -1.98. The molecule has 116 valence electrons. The maximum Gasteiger partial charge on any atom is 0.205 e. The number of aryl methyl sites for hydroxylation is 1. The van der Waals surface area contributed by atoms with Crippen molar-refractivity contribution in [3.05, 3.63) is 74.3 Å². The van der Waals surface area contributed by atoms with Gasteiger partial charge in [0, 0.05) is 22.5 Å². The molecular weight excluding hydrogens is 370 g/mol. The van der Waals surface area contributed by atoms with E-state index in [9.17, 15) is 0 Å². The fourth-order valence-electron chi connectivity index (χ4n) is 2.26. The Balaban J connectivity index is 2.09. The summed E-state index contributed by atoms with van der Waals surface area (Å²) in [5.41, 5.74) is 4.44. The topological polar surface area (TPSA) is 29.6 Å². The molecule has 3 nitrogen and oxygen atoms in total. The fraction of sp³-hybridized carbons (Fsp3) is 0.111. The average Bonchev–Trinajstić information content (AvgIpc) is 2.97. The highest BCUT2D eigenvalue weighted by Crippen LogP contribution is 2.23. The summed E-state index contributed by atoms with van der Waals surface area (Å²) in [5, 5.41) is 6.75. The van der Waals surface area contributed by atoms with Crippen LogP contribution >= 0.6 is 27.3 Å². The first-order valence-corrected chi connectivity index (χ1v) is 8.85. The zero-order valence-electron chi connectivity index (χ0n) is 12.9. The first kappa shape index (κ1) is 15.9. The average molecular weight is 386 g/mol. The Kier molecular flexibility index (Phi) is 4.88. The molecule has 0 bridgehead atoms. The Labute approximate surface area is 147 Å². The van der Waals surface area contributed by atoms with E-state index in [0.29, 0.717) is 0 Å². The highest BCUT2D eigenvalue weighted by atomic mass is 79.9. The molecule has 0 spiro atoms. The van der Waals surface area contributed by atoms with Crippen LogP contribution in [-0.4, -0.2) is 17.9 Å². The second-order valence-electron chi connectivity index (χ2n) is 5.05. The lowest BCUT2D eigenvalue weighted by atomic mass is 10.1. The van der Waals surface area contributed by atoms with Crippen molar-refractivity contribution in [2.75, 3.05) is 7.05 Å². The normalized spacial score (nSPS) is 12.2. The van der Waals surface area contributed by atoms with E-state index in [1.54, 1.807) is 18.4 Å². The second-order valence-corrected chi connectivity index (χ2v) is 6.80. The second kappa shape index (κ2) is 7.06. The van der Waals surface area contributed by atoms with Gasteiger partial charge in [0.2, 0.25) is 4.80 Å². The summed E-state index contributed by atoms with van der Waals surface area (Å²) in [5.74, 6) is 0. The molecule has 0 atom stereocenters. The lowest BCUT2D eigenvalue weighted by molar-refractivity contribution is 0.848. The van der Waals surface area contributed by atoms with Crippen molar-refractivity contribution in [3.8, 4) is 11.3 Å². The molecule has 0 aliphatic heterocycles. The first-order valence-electron chi connectivity index (χ1n) is 7.18. The van der Waals surface area contributed by atoms with Crippen molar-refractivity contribution in [3.63, 3.8) is 0 Å². The van der Waals surface area contributed by atoms with Gasteiger partial charge in [0.25, 0.3) is 0 Å². The first-order chi connectivity index (χ1) is 11.2. The third kappa shape index (κ3) is 3.51. The van der Waals surface area contributed by atoms with Gasteiger partial charge in [-0.05, 0) is 30.2 Å². The zero-order valence-corrected chi connectivity index (χ0v) is 15.3. The minimum atomic E-state index is 0.866. The third-order valence-electron chi connectivity index (χ3n) is 3.50. The van der Waals surface area contributed by atoms with Crippen LogP contribution in [0.2, 0.25) is 0 Å². The van der Waals surface area contributed by atoms with E-state index in [4.69, 9.17) is 0 Å². The summed E-state index contributed by atoms with van der Waals surface area (Å²) in [6.07, 6.45) is 1.89. The highest BCUT2D eigenvalue weighted by molar-refractivity contribution is 9.10. The van der Waals surface area contributed by atoms with Crippen LogP contribution in [0.4, 0.5) is 0 Å². The predicted molar refractivity (Wildman–Crippen MR) is 101 cm³/mol. The zero-order chi connectivity index (χ0) is 16.2. The Morgan fingerprint density at radius 2 is 1.96 bits per heavy atom. The summed E-state index contributed by atoms with van der Waals surface area (Å²) in [6.45, 7) is 2.08. The van der Waals surface area contributed by atoms with Gasteiger partial charge in [-0.15, -0.1) is 11.3 Å². The lowest BCUT2D eigenvalue weighted by Gasteiger charge is -2.04. The van der Waals surface area contributed by atoms with E-state index in [-0.39, 0.29) is 0 Å². The third-order valence-corrected chi connectivity index (χ3v) is 4.90. The minimum absolute atomic E-state index is 0.866. The Morgan fingerprint density at radius 1 is 1.13 bits per heavy atom. The largest absolute Gasteiger partial charge is 0.261 e. The minimum Gasteiger partial charge on any atom is -0.261 e. The number of hydrogen-bond donors (Lipinski definition) is 0. The number of halogens is 1. The molecule has 3 aromatic rings. The molecule has 1 aromatic heterocycles. The van der Waals surface area contributed by atoms with Crippen LogP contribution < -0.4 is 4.80 Å². The van der Waals surface area contributed by atoms with Gasteiger partial charge in [-0.2, -0.15) is 5.10 Å². The van der Waals surface area contributed by atoms with E-state index in [2.05, 4.69) is 62.6 Å². The molecule has 0 saturated carbocycles. The van der Waals surface area contributed by atoms with Crippen LogP contribution in [0.1, 0.15) is 11.1 Å². The van der Waals surface area contributed by atoms with Crippen molar-refractivity contribution >= 4 is 33.5 Å². The van der Waals surface area contributed by atoms with Crippen LogP contribution in [0.25, 0.3) is 11.3 Å². The lowest BCUT2D eigenvalue weighted by Crippen LogP contribution is -2.11. The number of aromatic nitrogens is 1. The molecular formula is C18H16BrN3S. The molecule has 2 aromatic carbocycles. The van der Waals surface area contributed by atoms with Gasteiger partial charge in [0.05, 0.1) is 11.9 Å². The van der Waals surface area contributed by atoms with E-state index in [0.717, 1.165) is 26.1 Å². The molecule has 0 aliphatic carbocycles. The van der Waals surface area contributed by atoms with Crippen LogP contribution in [0, 0.1) is 6.92 Å². The summed E-state index contributed by atoms with van der Waals surface area (Å²) in [6, 6.07) is 16.4. The molecule has 0 fully saturated rings. The van der Waals surface area contributed by atoms with Crippen molar-refractivity contribution in [2.45, 2.75) is 6.92 Å². The van der Waals surface area contributed by atoms with Crippen molar-refractivity contribution in [1.29, 1.82) is 0 Å². The quantitative estimate of drug-likeness (QED) is 0.584. The highest BCUT2D eigenvalue weighted by Gasteiger charge is 2.07. The number of rotatable bonds is 3. The van der Waals surface area contributed by atoms with Gasteiger partial charge >= 0.3 is 0 Å². The molecule has 3 rings (SSSR count). The van der Waals surface area contributed by atoms with E-state index in [1.807, 2.05) is 35.2 Å². The monoisotopic (exact) mass is 385 g/mol. The maximum atomic E-state index is 4.67. The van der Waals surface area contributed by atoms with E-state index in [1.165, 1.54) is 5.56 Å². The fourth-order valence-corrected chi connectivity index (χ4v) is 3.46. The molecule has 0 saturated heterocycles. The SMILES string of the molecule is CN=c1scc(-c2cccc(Br)c2)n1N=Cc1ccccc1C. The summed E-state index contributed by atoms with van der Waals surface area (Å²) in [7, 11) is 1.79. The van der Waals surface area contributed by atoms with Gasteiger partial charge in [0.1, 0.15) is 0 Å². The molecule has 0 amide bonds. The molecule has 5 heteroatoms.